The maximum Gasteiger partial charge on any atom is 0.354 e. The molecule has 8 nitrogen and oxygen atoms in total. The van der Waals surface area contributed by atoms with Crippen molar-refractivity contribution in [2.45, 2.75) is 58.5 Å². The summed E-state index contributed by atoms with van der Waals surface area (Å²) in [5.41, 5.74) is 2.79. The molecule has 0 radical (unpaired) electrons. The van der Waals surface area contributed by atoms with E-state index in [1.807, 2.05) is 43.3 Å². The van der Waals surface area contributed by atoms with Crippen LogP contribution in [-0.4, -0.2) is 27.2 Å². The highest BCUT2D eigenvalue weighted by molar-refractivity contribution is 5.71. The van der Waals surface area contributed by atoms with E-state index in [9.17, 15) is 14.4 Å². The highest BCUT2D eigenvalue weighted by Gasteiger charge is 2.21. The lowest BCUT2D eigenvalue weighted by Gasteiger charge is -2.18. The molecule has 0 bridgehead atoms. The van der Waals surface area contributed by atoms with Gasteiger partial charge in [-0.2, -0.15) is 4.98 Å². The molecule has 184 valence electrons. The minimum absolute atomic E-state index is 0.108. The molecule has 8 heteroatoms. The first-order chi connectivity index (χ1) is 16.9. The summed E-state index contributed by atoms with van der Waals surface area (Å²) in [6.45, 7) is 3.73. The van der Waals surface area contributed by atoms with Crippen LogP contribution >= 0.6 is 0 Å². The Labute approximate surface area is 204 Å². The Morgan fingerprint density at radius 3 is 2.51 bits per heavy atom. The van der Waals surface area contributed by atoms with Crippen molar-refractivity contribution < 1.29 is 9.53 Å². The van der Waals surface area contributed by atoms with Crippen molar-refractivity contribution >= 4 is 17.6 Å². The topological polar surface area (TPSA) is 95.2 Å². The summed E-state index contributed by atoms with van der Waals surface area (Å²) < 4.78 is 7.20. The third-order valence-electron chi connectivity index (χ3n) is 6.64. The number of carbonyl (C=O) groups is 1. The van der Waals surface area contributed by atoms with Gasteiger partial charge in [0.15, 0.2) is 0 Å². The number of benzene rings is 2. The second-order valence-electron chi connectivity index (χ2n) is 9.34. The molecule has 35 heavy (non-hydrogen) atoms. The lowest BCUT2D eigenvalue weighted by molar-refractivity contribution is -0.145. The van der Waals surface area contributed by atoms with Gasteiger partial charge in [-0.25, -0.2) is 14.2 Å². The van der Waals surface area contributed by atoms with Crippen LogP contribution in [0.15, 0.2) is 58.1 Å². The summed E-state index contributed by atoms with van der Waals surface area (Å²) in [5.74, 6) is -0.451. The van der Waals surface area contributed by atoms with Crippen LogP contribution in [0.2, 0.25) is 0 Å². The van der Waals surface area contributed by atoms with Crippen LogP contribution in [-0.2, 0) is 22.6 Å². The molecule has 0 unspecified atom stereocenters. The molecule has 3 aromatic rings. The zero-order chi connectivity index (χ0) is 24.9. The largest absolute Gasteiger partial charge is 0.469 e. The van der Waals surface area contributed by atoms with Gasteiger partial charge in [0, 0.05) is 12.2 Å². The number of nitrogens with one attached hydrogen (secondary N) is 1. The average Bonchev–Trinajstić information content (AvgIpc) is 3.40. The molecule has 1 fully saturated rings. The van der Waals surface area contributed by atoms with Crippen molar-refractivity contribution in [3.63, 3.8) is 0 Å². The van der Waals surface area contributed by atoms with Crippen LogP contribution in [0.5, 0.6) is 0 Å². The number of anilines is 2. The number of hydrogen-bond acceptors (Lipinski definition) is 6. The van der Waals surface area contributed by atoms with E-state index >= 15 is 0 Å². The monoisotopic (exact) mass is 476 g/mol. The van der Waals surface area contributed by atoms with Crippen LogP contribution in [0, 0.1) is 12.8 Å². The minimum Gasteiger partial charge on any atom is -0.469 e. The predicted molar refractivity (Wildman–Crippen MR) is 135 cm³/mol. The van der Waals surface area contributed by atoms with E-state index in [4.69, 9.17) is 4.74 Å². The van der Waals surface area contributed by atoms with Crippen molar-refractivity contribution in [2.75, 3.05) is 12.4 Å². The number of aryl methyl sites for hydroxylation is 1. The number of carbonyl (C=O) groups excluding carboxylic acids is 1. The van der Waals surface area contributed by atoms with E-state index in [2.05, 4.69) is 22.4 Å². The number of rotatable bonds is 8. The fourth-order valence-corrected chi connectivity index (χ4v) is 4.61. The Hall–Kier alpha value is -3.68. The smallest absolute Gasteiger partial charge is 0.354 e. The van der Waals surface area contributed by atoms with Crippen molar-refractivity contribution in [2.24, 2.45) is 5.92 Å². The molecule has 2 aromatic carbocycles. The van der Waals surface area contributed by atoms with Gasteiger partial charge in [0.25, 0.3) is 0 Å². The second-order valence-corrected chi connectivity index (χ2v) is 9.34. The number of esters is 1. The first-order valence-corrected chi connectivity index (χ1v) is 12.1. The van der Waals surface area contributed by atoms with E-state index < -0.39 is 23.3 Å². The molecule has 1 aliphatic rings. The Morgan fingerprint density at radius 2 is 1.83 bits per heavy atom. The van der Waals surface area contributed by atoms with Gasteiger partial charge in [-0.3, -0.25) is 9.36 Å². The number of ether oxygens (including phenoxy) is 1. The van der Waals surface area contributed by atoms with E-state index in [0.717, 1.165) is 21.4 Å². The standard InChI is InChI=1S/C27H32N4O4/c1-18-11-13-20(14-12-18)17-30-25(28-23-10-6-9-22(15-23)21-7-4-5-8-21)29-26(33)31(27(30)34)16-19(2)24(32)35-3/h6,9-15,19,21H,4-5,7-8,16-17H2,1-3H3,(H,28,29,33)/t19-/m0/s1. The quantitative estimate of drug-likeness (QED) is 0.494. The summed E-state index contributed by atoms with van der Waals surface area (Å²) in [7, 11) is 1.28. The Balaban J connectivity index is 1.73. The molecule has 1 aromatic heterocycles. The average molecular weight is 477 g/mol. The molecule has 0 spiro atoms. The van der Waals surface area contributed by atoms with Crippen molar-refractivity contribution in [3.05, 3.63) is 86.2 Å². The number of hydrogen-bond donors (Lipinski definition) is 1. The summed E-state index contributed by atoms with van der Waals surface area (Å²) in [4.78, 5) is 42.5. The SMILES string of the molecule is COC(=O)[C@@H](C)Cn1c(=O)nc(Nc2cccc(C3CCCC3)c2)n(Cc2ccc(C)cc2)c1=O. The van der Waals surface area contributed by atoms with Gasteiger partial charge < -0.3 is 10.1 Å². The van der Waals surface area contributed by atoms with Gasteiger partial charge >= 0.3 is 17.3 Å². The van der Waals surface area contributed by atoms with E-state index in [1.54, 1.807) is 6.92 Å². The molecule has 1 aliphatic carbocycles. The first-order valence-electron chi connectivity index (χ1n) is 12.1. The normalized spacial score (nSPS) is 14.6. The maximum absolute atomic E-state index is 13.5. The van der Waals surface area contributed by atoms with Crippen molar-refractivity contribution in [1.82, 2.24) is 14.1 Å². The molecule has 0 amide bonds. The summed E-state index contributed by atoms with van der Waals surface area (Å²) in [5, 5.41) is 3.21. The lowest BCUT2D eigenvalue weighted by atomic mass is 9.97. The van der Waals surface area contributed by atoms with Gasteiger partial charge in [0.1, 0.15) is 0 Å². The second kappa shape index (κ2) is 10.7. The van der Waals surface area contributed by atoms with Crippen LogP contribution in [0.25, 0.3) is 0 Å². The molecule has 0 saturated heterocycles. The molecular formula is C27H32N4O4. The third-order valence-corrected chi connectivity index (χ3v) is 6.64. The fourth-order valence-electron chi connectivity index (χ4n) is 4.61. The third kappa shape index (κ3) is 5.70. The van der Waals surface area contributed by atoms with E-state index in [1.165, 1.54) is 42.9 Å². The maximum atomic E-state index is 13.5. The Bertz CT molecular complexity index is 1300. The number of nitrogens with zero attached hydrogens (tertiary/aromatic N) is 3. The highest BCUT2D eigenvalue weighted by atomic mass is 16.5. The summed E-state index contributed by atoms with van der Waals surface area (Å²) in [6.07, 6.45) is 4.83. The van der Waals surface area contributed by atoms with E-state index in [-0.39, 0.29) is 19.0 Å². The van der Waals surface area contributed by atoms with Crippen LogP contribution in [0.4, 0.5) is 11.6 Å². The minimum atomic E-state index is -0.708. The Morgan fingerprint density at radius 1 is 1.11 bits per heavy atom. The van der Waals surface area contributed by atoms with Crippen molar-refractivity contribution in [1.29, 1.82) is 0 Å². The first kappa shape index (κ1) is 24.4. The molecule has 1 atom stereocenters. The molecule has 1 heterocycles. The van der Waals surface area contributed by atoms with Crippen LogP contribution in [0.1, 0.15) is 55.2 Å². The van der Waals surface area contributed by atoms with Crippen molar-refractivity contribution in [3.8, 4) is 0 Å². The zero-order valence-electron chi connectivity index (χ0n) is 20.5. The predicted octanol–water partition coefficient (Wildman–Crippen LogP) is 3.97. The molecule has 0 aliphatic heterocycles. The van der Waals surface area contributed by atoms with Gasteiger partial charge in [-0.05, 0) is 48.9 Å². The zero-order valence-corrected chi connectivity index (χ0v) is 20.5. The van der Waals surface area contributed by atoms with Gasteiger partial charge in [-0.1, -0.05) is 61.7 Å². The number of aromatic nitrogens is 3. The fraction of sp³-hybridized carbons (Fsp3) is 0.407. The summed E-state index contributed by atoms with van der Waals surface area (Å²) in [6, 6.07) is 15.9. The van der Waals surface area contributed by atoms with E-state index in [0.29, 0.717) is 5.92 Å². The molecular weight excluding hydrogens is 444 g/mol. The van der Waals surface area contributed by atoms with Gasteiger partial charge in [0.2, 0.25) is 5.95 Å². The lowest BCUT2D eigenvalue weighted by Crippen LogP contribution is -2.44. The number of methoxy groups -OCH3 is 1. The highest BCUT2D eigenvalue weighted by Crippen LogP contribution is 2.35. The van der Waals surface area contributed by atoms with Gasteiger partial charge in [-0.15, -0.1) is 0 Å². The Kier molecular flexibility index (Phi) is 7.48. The summed E-state index contributed by atoms with van der Waals surface area (Å²) >= 11 is 0. The van der Waals surface area contributed by atoms with Crippen LogP contribution < -0.4 is 16.7 Å². The molecule has 4 rings (SSSR count). The van der Waals surface area contributed by atoms with Crippen LogP contribution in [0.3, 0.4) is 0 Å². The molecule has 1 N–H and O–H groups in total. The molecule has 1 saturated carbocycles. The van der Waals surface area contributed by atoms with Gasteiger partial charge in [0.05, 0.1) is 19.6 Å².